The van der Waals surface area contributed by atoms with Crippen LogP contribution < -0.4 is 5.32 Å². The molecule has 0 bridgehead atoms. The SMILES string of the molecule is CCc1c(C)nc(-c2ccc(C)s2)nc1Nc1ccc(CC(=O)O)cc1F. The molecule has 3 aromatic rings. The second kappa shape index (κ2) is 7.84. The molecule has 0 saturated carbocycles. The molecule has 0 aliphatic rings. The van der Waals surface area contributed by atoms with Gasteiger partial charge >= 0.3 is 5.97 Å². The number of carboxylic acids is 1. The number of anilines is 2. The number of aromatic nitrogens is 2. The quantitative estimate of drug-likeness (QED) is 0.632. The van der Waals surface area contributed by atoms with Crippen molar-refractivity contribution >= 4 is 28.8 Å². The normalized spacial score (nSPS) is 10.8. The molecule has 3 rings (SSSR count). The summed E-state index contributed by atoms with van der Waals surface area (Å²) >= 11 is 1.61. The summed E-state index contributed by atoms with van der Waals surface area (Å²) in [7, 11) is 0. The molecule has 0 radical (unpaired) electrons. The van der Waals surface area contributed by atoms with Crippen LogP contribution in [0, 0.1) is 19.7 Å². The van der Waals surface area contributed by atoms with E-state index in [0.717, 1.165) is 16.1 Å². The molecule has 2 aromatic heterocycles. The number of benzene rings is 1. The van der Waals surface area contributed by atoms with Gasteiger partial charge in [0.15, 0.2) is 5.82 Å². The Morgan fingerprint density at radius 1 is 1.22 bits per heavy atom. The number of rotatable bonds is 6. The van der Waals surface area contributed by atoms with Crippen molar-refractivity contribution in [2.75, 3.05) is 5.32 Å². The number of aliphatic carboxylic acids is 1. The molecule has 7 heteroatoms. The molecule has 0 fully saturated rings. The molecule has 0 saturated heterocycles. The van der Waals surface area contributed by atoms with Crippen LogP contribution in [-0.2, 0) is 17.6 Å². The zero-order valence-electron chi connectivity index (χ0n) is 15.3. The van der Waals surface area contributed by atoms with Gasteiger partial charge < -0.3 is 10.4 Å². The first-order valence-corrected chi connectivity index (χ1v) is 9.40. The van der Waals surface area contributed by atoms with Crippen molar-refractivity contribution in [2.24, 2.45) is 0 Å². The van der Waals surface area contributed by atoms with Gasteiger partial charge in [-0.3, -0.25) is 4.79 Å². The van der Waals surface area contributed by atoms with Gasteiger partial charge in [0, 0.05) is 16.1 Å². The highest BCUT2D eigenvalue weighted by Gasteiger charge is 2.15. The summed E-state index contributed by atoms with van der Waals surface area (Å²) in [5.41, 5.74) is 2.43. The highest BCUT2D eigenvalue weighted by molar-refractivity contribution is 7.15. The standard InChI is InChI=1S/C20H20FN3O2S/c1-4-14-12(3)22-20(17-8-5-11(2)27-17)24-19(14)23-16-7-6-13(9-15(16)21)10-18(25)26/h5-9H,4,10H2,1-3H3,(H,25,26)(H,22,23,24). The minimum absolute atomic E-state index is 0.216. The van der Waals surface area contributed by atoms with Gasteiger partial charge in [-0.15, -0.1) is 11.3 Å². The third kappa shape index (κ3) is 4.31. The van der Waals surface area contributed by atoms with Gasteiger partial charge in [-0.25, -0.2) is 14.4 Å². The van der Waals surface area contributed by atoms with Crippen LogP contribution in [-0.4, -0.2) is 21.0 Å². The first-order chi connectivity index (χ1) is 12.9. The third-order valence-corrected chi connectivity index (χ3v) is 5.17. The van der Waals surface area contributed by atoms with E-state index >= 15 is 0 Å². The summed E-state index contributed by atoms with van der Waals surface area (Å²) < 4.78 is 14.5. The van der Waals surface area contributed by atoms with E-state index in [-0.39, 0.29) is 12.1 Å². The first kappa shape index (κ1) is 19.0. The van der Waals surface area contributed by atoms with Gasteiger partial charge in [0.2, 0.25) is 0 Å². The largest absolute Gasteiger partial charge is 0.481 e. The van der Waals surface area contributed by atoms with Crippen LogP contribution in [0.2, 0.25) is 0 Å². The lowest BCUT2D eigenvalue weighted by atomic mass is 10.1. The Morgan fingerprint density at radius 3 is 2.59 bits per heavy atom. The number of halogens is 1. The summed E-state index contributed by atoms with van der Waals surface area (Å²) in [6.07, 6.45) is 0.489. The number of thiophene rings is 1. The average Bonchev–Trinajstić information content (AvgIpc) is 3.03. The van der Waals surface area contributed by atoms with E-state index in [4.69, 9.17) is 5.11 Å². The Labute approximate surface area is 160 Å². The van der Waals surface area contributed by atoms with E-state index in [1.165, 1.54) is 10.9 Å². The maximum absolute atomic E-state index is 14.5. The van der Waals surface area contributed by atoms with Crippen molar-refractivity contribution in [1.29, 1.82) is 0 Å². The average molecular weight is 385 g/mol. The molecule has 2 heterocycles. The van der Waals surface area contributed by atoms with Gasteiger partial charge in [0.05, 0.1) is 17.0 Å². The van der Waals surface area contributed by atoms with E-state index in [9.17, 15) is 9.18 Å². The molecular formula is C20H20FN3O2S. The molecule has 1 aromatic carbocycles. The van der Waals surface area contributed by atoms with Crippen molar-refractivity contribution in [1.82, 2.24) is 9.97 Å². The summed E-state index contributed by atoms with van der Waals surface area (Å²) in [4.78, 5) is 22.1. The highest BCUT2D eigenvalue weighted by Crippen LogP contribution is 2.30. The second-order valence-corrected chi connectivity index (χ2v) is 7.52. The summed E-state index contributed by atoms with van der Waals surface area (Å²) in [5, 5.41) is 11.9. The van der Waals surface area contributed by atoms with Gasteiger partial charge in [-0.05, 0) is 50.1 Å². The molecule has 2 N–H and O–H groups in total. The molecule has 0 amide bonds. The number of nitrogens with one attached hydrogen (secondary N) is 1. The number of hydrogen-bond acceptors (Lipinski definition) is 5. The topological polar surface area (TPSA) is 75.1 Å². The van der Waals surface area contributed by atoms with E-state index in [1.54, 1.807) is 23.5 Å². The number of aryl methyl sites for hydroxylation is 2. The Hall–Kier alpha value is -2.80. The smallest absolute Gasteiger partial charge is 0.307 e. The number of nitrogens with zero attached hydrogens (tertiary/aromatic N) is 2. The molecule has 0 atom stereocenters. The zero-order valence-corrected chi connectivity index (χ0v) is 16.2. The van der Waals surface area contributed by atoms with Crippen LogP contribution >= 0.6 is 11.3 Å². The fourth-order valence-electron chi connectivity index (χ4n) is 2.86. The molecule has 5 nitrogen and oxygen atoms in total. The number of carboxylic acid groups (broad SMARTS) is 1. The van der Waals surface area contributed by atoms with Crippen molar-refractivity contribution in [3.05, 3.63) is 57.8 Å². The molecule has 0 aliphatic carbocycles. The Balaban J connectivity index is 1.98. The van der Waals surface area contributed by atoms with Crippen LogP contribution in [0.4, 0.5) is 15.9 Å². The summed E-state index contributed by atoms with van der Waals surface area (Å²) in [6, 6.07) is 8.37. The summed E-state index contributed by atoms with van der Waals surface area (Å²) in [6.45, 7) is 5.94. The molecule has 0 spiro atoms. The van der Waals surface area contributed by atoms with E-state index < -0.39 is 11.8 Å². The maximum atomic E-state index is 14.5. The van der Waals surface area contributed by atoms with Crippen molar-refractivity contribution in [2.45, 2.75) is 33.6 Å². The van der Waals surface area contributed by atoms with Crippen LogP contribution in [0.3, 0.4) is 0 Å². The minimum Gasteiger partial charge on any atom is -0.481 e. The predicted octanol–water partition coefficient (Wildman–Crippen LogP) is 4.89. The third-order valence-electron chi connectivity index (χ3n) is 4.17. The molecule has 140 valence electrons. The number of hydrogen-bond donors (Lipinski definition) is 2. The highest BCUT2D eigenvalue weighted by atomic mass is 32.1. The molecular weight excluding hydrogens is 365 g/mol. The van der Waals surface area contributed by atoms with Crippen molar-refractivity contribution < 1.29 is 14.3 Å². The second-order valence-electron chi connectivity index (χ2n) is 6.23. The molecule has 0 unspecified atom stereocenters. The Bertz CT molecular complexity index is 1000. The summed E-state index contributed by atoms with van der Waals surface area (Å²) in [5.74, 6) is -0.338. The van der Waals surface area contributed by atoms with Gasteiger partial charge in [-0.1, -0.05) is 13.0 Å². The lowest BCUT2D eigenvalue weighted by Crippen LogP contribution is -2.06. The van der Waals surface area contributed by atoms with Gasteiger partial charge in [0.25, 0.3) is 0 Å². The van der Waals surface area contributed by atoms with Gasteiger partial charge in [0.1, 0.15) is 11.6 Å². The predicted molar refractivity (Wildman–Crippen MR) is 105 cm³/mol. The molecule has 0 aliphatic heterocycles. The van der Waals surface area contributed by atoms with Crippen LogP contribution in [0.5, 0.6) is 0 Å². The van der Waals surface area contributed by atoms with Crippen LogP contribution in [0.25, 0.3) is 10.7 Å². The Morgan fingerprint density at radius 2 is 2.00 bits per heavy atom. The molecule has 27 heavy (non-hydrogen) atoms. The monoisotopic (exact) mass is 385 g/mol. The number of carbonyl (C=O) groups is 1. The van der Waals surface area contributed by atoms with E-state index in [0.29, 0.717) is 23.6 Å². The van der Waals surface area contributed by atoms with Crippen molar-refractivity contribution in [3.63, 3.8) is 0 Å². The fourth-order valence-corrected chi connectivity index (χ4v) is 3.66. The Kier molecular flexibility index (Phi) is 5.51. The van der Waals surface area contributed by atoms with Crippen LogP contribution in [0.15, 0.2) is 30.3 Å². The van der Waals surface area contributed by atoms with Crippen LogP contribution in [0.1, 0.15) is 28.6 Å². The van der Waals surface area contributed by atoms with Crippen molar-refractivity contribution in [3.8, 4) is 10.7 Å². The first-order valence-electron chi connectivity index (χ1n) is 8.59. The van der Waals surface area contributed by atoms with Gasteiger partial charge in [-0.2, -0.15) is 0 Å². The maximum Gasteiger partial charge on any atom is 0.307 e. The lowest BCUT2D eigenvalue weighted by Gasteiger charge is -2.14. The zero-order chi connectivity index (χ0) is 19.6. The fraction of sp³-hybridized carbons (Fsp3) is 0.250. The lowest BCUT2D eigenvalue weighted by molar-refractivity contribution is -0.136. The van der Waals surface area contributed by atoms with E-state index in [1.807, 2.05) is 32.9 Å². The van der Waals surface area contributed by atoms with E-state index in [2.05, 4.69) is 15.3 Å². The minimum atomic E-state index is -0.995.